The Labute approximate surface area is 161 Å². The molecule has 2 atom stereocenters. The number of ketones is 1. The van der Waals surface area contributed by atoms with Gasteiger partial charge in [0.1, 0.15) is 6.61 Å². The largest absolute Gasteiger partial charge is 0.379 e. The van der Waals surface area contributed by atoms with Gasteiger partial charge in [-0.25, -0.2) is 0 Å². The van der Waals surface area contributed by atoms with Gasteiger partial charge in [-0.2, -0.15) is 0 Å². The van der Waals surface area contributed by atoms with Crippen molar-refractivity contribution in [3.8, 4) is 0 Å². The summed E-state index contributed by atoms with van der Waals surface area (Å²) in [7, 11) is 0. The van der Waals surface area contributed by atoms with E-state index in [1.54, 1.807) is 0 Å². The van der Waals surface area contributed by atoms with Gasteiger partial charge in [0.2, 0.25) is 0 Å². The lowest BCUT2D eigenvalue weighted by molar-refractivity contribution is -0.127. The van der Waals surface area contributed by atoms with Crippen molar-refractivity contribution < 1.29 is 23.7 Å². The Morgan fingerprint density at radius 2 is 1.23 bits per heavy atom. The summed E-state index contributed by atoms with van der Waals surface area (Å²) in [6.07, 6.45) is 7.19. The molecule has 0 radical (unpaired) electrons. The Kier molecular flexibility index (Phi) is 18.9. The van der Waals surface area contributed by atoms with E-state index in [0.717, 1.165) is 25.4 Å². The molecular weight excluding hydrogens is 332 g/mol. The monoisotopic (exact) mass is 374 g/mol. The molecule has 0 aromatic heterocycles. The Morgan fingerprint density at radius 1 is 0.731 bits per heavy atom. The smallest absolute Gasteiger partial charge is 0.161 e. The number of ether oxygens (including phenoxy) is 4. The van der Waals surface area contributed by atoms with Gasteiger partial charge in [0.05, 0.1) is 39.6 Å². The summed E-state index contributed by atoms with van der Waals surface area (Å²) in [4.78, 5) is 11.6. The topological polar surface area (TPSA) is 54.0 Å². The maximum atomic E-state index is 11.6. The first-order valence-corrected chi connectivity index (χ1v) is 10.4. The molecule has 0 aromatic carbocycles. The van der Waals surface area contributed by atoms with E-state index >= 15 is 0 Å². The van der Waals surface area contributed by atoms with Crippen LogP contribution >= 0.6 is 0 Å². The molecule has 0 rings (SSSR count). The lowest BCUT2D eigenvalue weighted by Gasteiger charge is -2.11. The molecule has 5 heteroatoms. The number of carbonyl (C=O) groups is 1. The molecule has 0 aliphatic carbocycles. The SMILES string of the molecule is CCCCC(C)CCCOCCOCCOCCOCC(=O)C(C)CC. The number of rotatable bonds is 20. The van der Waals surface area contributed by atoms with Crippen molar-refractivity contribution in [2.75, 3.05) is 52.9 Å². The van der Waals surface area contributed by atoms with Gasteiger partial charge in [0.25, 0.3) is 0 Å². The van der Waals surface area contributed by atoms with Gasteiger partial charge in [-0.15, -0.1) is 0 Å². The zero-order valence-electron chi connectivity index (χ0n) is 17.6. The molecule has 0 saturated carbocycles. The highest BCUT2D eigenvalue weighted by molar-refractivity contribution is 5.81. The summed E-state index contributed by atoms with van der Waals surface area (Å²) in [6.45, 7) is 12.8. The average molecular weight is 375 g/mol. The second-order valence-corrected chi connectivity index (χ2v) is 7.05. The quantitative estimate of drug-likeness (QED) is 0.298. The fourth-order valence-electron chi connectivity index (χ4n) is 2.43. The molecule has 0 N–H and O–H groups in total. The highest BCUT2D eigenvalue weighted by Crippen LogP contribution is 2.13. The van der Waals surface area contributed by atoms with Crippen LogP contribution in [0, 0.1) is 11.8 Å². The molecule has 2 unspecified atom stereocenters. The predicted molar refractivity (Wildman–Crippen MR) is 106 cm³/mol. The van der Waals surface area contributed by atoms with Gasteiger partial charge in [0, 0.05) is 12.5 Å². The average Bonchev–Trinajstić information content (AvgIpc) is 2.65. The van der Waals surface area contributed by atoms with Gasteiger partial charge < -0.3 is 18.9 Å². The predicted octanol–water partition coefficient (Wildman–Crippen LogP) is 4.27. The molecule has 26 heavy (non-hydrogen) atoms. The van der Waals surface area contributed by atoms with E-state index < -0.39 is 0 Å². The molecule has 0 heterocycles. The third-order valence-corrected chi connectivity index (χ3v) is 4.56. The first-order chi connectivity index (χ1) is 12.6. The zero-order chi connectivity index (χ0) is 19.5. The number of carbonyl (C=O) groups excluding carboxylic acids is 1. The minimum atomic E-state index is 0.0796. The first-order valence-electron chi connectivity index (χ1n) is 10.4. The molecule has 0 fully saturated rings. The van der Waals surface area contributed by atoms with Crippen LogP contribution < -0.4 is 0 Å². The minimum Gasteiger partial charge on any atom is -0.379 e. The van der Waals surface area contributed by atoms with Gasteiger partial charge >= 0.3 is 0 Å². The second-order valence-electron chi connectivity index (χ2n) is 7.05. The van der Waals surface area contributed by atoms with Crippen LogP contribution in [0.4, 0.5) is 0 Å². The van der Waals surface area contributed by atoms with Crippen molar-refractivity contribution in [2.45, 2.75) is 66.2 Å². The molecular formula is C21H42O5. The summed E-state index contributed by atoms with van der Waals surface area (Å²) in [5, 5.41) is 0. The van der Waals surface area contributed by atoms with Crippen LogP contribution in [0.25, 0.3) is 0 Å². The minimum absolute atomic E-state index is 0.0796. The number of Topliss-reactive ketones (excluding diaryl/α,β-unsaturated/α-hetero) is 1. The van der Waals surface area contributed by atoms with Crippen LogP contribution in [0.15, 0.2) is 0 Å². The normalized spacial score (nSPS) is 13.7. The number of hydrogen-bond acceptors (Lipinski definition) is 5. The Balaban J connectivity index is 3.17. The lowest BCUT2D eigenvalue weighted by Crippen LogP contribution is -2.19. The van der Waals surface area contributed by atoms with E-state index in [4.69, 9.17) is 18.9 Å². The van der Waals surface area contributed by atoms with Crippen LogP contribution in [0.5, 0.6) is 0 Å². The summed E-state index contributed by atoms with van der Waals surface area (Å²) in [5.74, 6) is 1.05. The van der Waals surface area contributed by atoms with Crippen molar-refractivity contribution in [2.24, 2.45) is 11.8 Å². The van der Waals surface area contributed by atoms with Crippen LogP contribution in [-0.2, 0) is 23.7 Å². The number of unbranched alkanes of at least 4 members (excludes halogenated alkanes) is 1. The summed E-state index contributed by atoms with van der Waals surface area (Å²) in [6, 6.07) is 0. The highest BCUT2D eigenvalue weighted by Gasteiger charge is 2.09. The third-order valence-electron chi connectivity index (χ3n) is 4.56. The van der Waals surface area contributed by atoms with E-state index in [-0.39, 0.29) is 18.3 Å². The maximum absolute atomic E-state index is 11.6. The van der Waals surface area contributed by atoms with Crippen molar-refractivity contribution in [1.82, 2.24) is 0 Å². The second kappa shape index (κ2) is 19.3. The zero-order valence-corrected chi connectivity index (χ0v) is 17.6. The fraction of sp³-hybridized carbons (Fsp3) is 0.952. The van der Waals surface area contributed by atoms with Crippen molar-refractivity contribution in [3.05, 3.63) is 0 Å². The van der Waals surface area contributed by atoms with Crippen molar-refractivity contribution in [3.63, 3.8) is 0 Å². The summed E-state index contributed by atoms with van der Waals surface area (Å²) < 4.78 is 21.7. The number of hydrogen-bond donors (Lipinski definition) is 0. The molecule has 5 nitrogen and oxygen atoms in total. The van der Waals surface area contributed by atoms with Gasteiger partial charge in [0.15, 0.2) is 5.78 Å². The first kappa shape index (κ1) is 25.5. The Morgan fingerprint density at radius 3 is 1.77 bits per heavy atom. The third kappa shape index (κ3) is 17.0. The summed E-state index contributed by atoms with van der Waals surface area (Å²) >= 11 is 0. The molecule has 0 spiro atoms. The summed E-state index contributed by atoms with van der Waals surface area (Å²) in [5.41, 5.74) is 0. The molecule has 156 valence electrons. The van der Waals surface area contributed by atoms with E-state index in [2.05, 4.69) is 13.8 Å². The Hall–Kier alpha value is -0.490. The van der Waals surface area contributed by atoms with E-state index in [0.29, 0.717) is 39.6 Å². The molecule has 0 saturated heterocycles. The molecule has 0 amide bonds. The highest BCUT2D eigenvalue weighted by atomic mass is 16.6. The van der Waals surface area contributed by atoms with E-state index in [1.165, 1.54) is 25.7 Å². The molecule has 0 aromatic rings. The van der Waals surface area contributed by atoms with Crippen LogP contribution in [0.1, 0.15) is 66.2 Å². The lowest BCUT2D eigenvalue weighted by atomic mass is 9.99. The van der Waals surface area contributed by atoms with Crippen molar-refractivity contribution in [1.29, 1.82) is 0 Å². The fourth-order valence-corrected chi connectivity index (χ4v) is 2.43. The Bertz CT molecular complexity index is 309. The van der Waals surface area contributed by atoms with Crippen LogP contribution in [0.3, 0.4) is 0 Å². The molecule has 0 bridgehead atoms. The van der Waals surface area contributed by atoms with Crippen LogP contribution in [0.2, 0.25) is 0 Å². The van der Waals surface area contributed by atoms with E-state index in [1.807, 2.05) is 13.8 Å². The van der Waals surface area contributed by atoms with E-state index in [9.17, 15) is 4.79 Å². The van der Waals surface area contributed by atoms with Gasteiger partial charge in [-0.05, 0) is 25.2 Å². The molecule has 0 aliphatic heterocycles. The van der Waals surface area contributed by atoms with Gasteiger partial charge in [-0.3, -0.25) is 4.79 Å². The standard InChI is InChI=1S/C21H42O5/c1-5-7-9-19(3)10-8-11-23-12-13-24-14-15-25-16-17-26-18-21(22)20(4)6-2/h19-20H,5-18H2,1-4H3. The van der Waals surface area contributed by atoms with Crippen molar-refractivity contribution >= 4 is 5.78 Å². The van der Waals surface area contributed by atoms with Gasteiger partial charge in [-0.1, -0.05) is 47.0 Å². The molecule has 0 aliphatic rings. The maximum Gasteiger partial charge on any atom is 0.161 e. The van der Waals surface area contributed by atoms with Crippen LogP contribution in [-0.4, -0.2) is 58.6 Å².